The average Bonchev–Trinajstić information content (AvgIpc) is 2.23. The first-order valence-corrected chi connectivity index (χ1v) is 5.87. The molecular weight excluding hydrogens is 200 g/mol. The molecule has 1 fully saturated rings. The molecule has 3 nitrogen and oxygen atoms in total. The molecule has 88 valence electrons. The summed E-state index contributed by atoms with van der Waals surface area (Å²) in [5, 5.41) is 0. The largest absolute Gasteiger partial charge is 0.496 e. The minimum absolute atomic E-state index is 0.290. The monoisotopic (exact) mass is 220 g/mol. The van der Waals surface area contributed by atoms with Crippen molar-refractivity contribution in [3.8, 4) is 5.75 Å². The van der Waals surface area contributed by atoms with Gasteiger partial charge in [-0.25, -0.2) is 0 Å². The van der Waals surface area contributed by atoms with Crippen molar-refractivity contribution in [3.63, 3.8) is 0 Å². The molecule has 3 N–H and O–H groups in total. The number of benzene rings is 1. The predicted octanol–water partition coefficient (Wildman–Crippen LogP) is 2.31. The van der Waals surface area contributed by atoms with Gasteiger partial charge in [-0.1, -0.05) is 18.6 Å². The van der Waals surface area contributed by atoms with Gasteiger partial charge in [0.2, 0.25) is 0 Å². The van der Waals surface area contributed by atoms with E-state index in [-0.39, 0.29) is 0 Å². The van der Waals surface area contributed by atoms with Crippen molar-refractivity contribution in [2.24, 2.45) is 11.8 Å². The van der Waals surface area contributed by atoms with Crippen LogP contribution in [0.25, 0.3) is 0 Å². The topological polar surface area (TPSA) is 47.3 Å². The molecule has 1 saturated carbocycles. The molecular formula is C13H20N2O. The molecule has 0 spiro atoms. The highest BCUT2D eigenvalue weighted by atomic mass is 16.5. The molecule has 16 heavy (non-hydrogen) atoms. The fourth-order valence-electron chi connectivity index (χ4n) is 2.37. The molecule has 0 aromatic heterocycles. The number of rotatable bonds is 4. The Bertz CT molecular complexity index is 361. The van der Waals surface area contributed by atoms with Crippen molar-refractivity contribution < 1.29 is 4.74 Å². The summed E-state index contributed by atoms with van der Waals surface area (Å²) in [6.07, 6.45) is 3.89. The summed E-state index contributed by atoms with van der Waals surface area (Å²) in [4.78, 5) is 0. The predicted molar refractivity (Wildman–Crippen MR) is 65.1 cm³/mol. The number of ether oxygens (including phenoxy) is 1. The second-order valence-electron chi connectivity index (χ2n) is 4.56. The van der Waals surface area contributed by atoms with Crippen LogP contribution in [0.4, 0.5) is 0 Å². The zero-order valence-corrected chi connectivity index (χ0v) is 9.99. The summed E-state index contributed by atoms with van der Waals surface area (Å²) < 4.78 is 5.26. The third kappa shape index (κ3) is 2.06. The summed E-state index contributed by atoms with van der Waals surface area (Å²) in [6.45, 7) is 2.07. The van der Waals surface area contributed by atoms with E-state index >= 15 is 0 Å². The van der Waals surface area contributed by atoms with Crippen molar-refractivity contribution in [1.29, 1.82) is 0 Å². The number of aryl methyl sites for hydroxylation is 1. The van der Waals surface area contributed by atoms with Gasteiger partial charge in [-0.2, -0.15) is 0 Å². The normalized spacial score (nSPS) is 17.9. The maximum absolute atomic E-state index is 5.65. The summed E-state index contributed by atoms with van der Waals surface area (Å²) in [5.41, 5.74) is 5.38. The van der Waals surface area contributed by atoms with Crippen LogP contribution in [0, 0.1) is 12.8 Å². The maximum atomic E-state index is 5.65. The van der Waals surface area contributed by atoms with Crippen LogP contribution in [-0.2, 0) is 0 Å². The number of nitrogens with one attached hydrogen (secondary N) is 1. The molecule has 0 bridgehead atoms. The van der Waals surface area contributed by atoms with Crippen LogP contribution in [0.1, 0.15) is 36.4 Å². The molecule has 3 heteroatoms. The number of methoxy groups -OCH3 is 1. The van der Waals surface area contributed by atoms with Gasteiger partial charge in [0.25, 0.3) is 0 Å². The summed E-state index contributed by atoms with van der Waals surface area (Å²) in [5.74, 6) is 7.29. The lowest BCUT2D eigenvalue weighted by atomic mass is 9.77. The number of hydrazine groups is 1. The highest BCUT2D eigenvalue weighted by molar-refractivity contribution is 5.37. The molecule has 1 aliphatic rings. The molecule has 0 amide bonds. The van der Waals surface area contributed by atoms with Gasteiger partial charge in [0.15, 0.2) is 0 Å². The Morgan fingerprint density at radius 2 is 2.19 bits per heavy atom. The standard InChI is InChI=1S/C13H20N2O/c1-9-8-11(6-7-12(9)16-2)13(15-14)10-4-3-5-10/h6-8,10,13,15H,3-5,14H2,1-2H3. The lowest BCUT2D eigenvalue weighted by molar-refractivity contribution is 0.232. The molecule has 1 aromatic rings. The van der Waals surface area contributed by atoms with Crippen LogP contribution in [0.3, 0.4) is 0 Å². The van der Waals surface area contributed by atoms with E-state index in [9.17, 15) is 0 Å². The molecule has 0 radical (unpaired) electrons. The summed E-state index contributed by atoms with van der Waals surface area (Å²) in [6, 6.07) is 6.59. The minimum Gasteiger partial charge on any atom is -0.496 e. The first-order chi connectivity index (χ1) is 7.76. The van der Waals surface area contributed by atoms with E-state index in [1.54, 1.807) is 7.11 Å². The van der Waals surface area contributed by atoms with Crippen molar-refractivity contribution >= 4 is 0 Å². The zero-order chi connectivity index (χ0) is 11.5. The van der Waals surface area contributed by atoms with Crippen LogP contribution in [0.15, 0.2) is 18.2 Å². The average molecular weight is 220 g/mol. The molecule has 1 unspecified atom stereocenters. The van der Waals surface area contributed by atoms with Gasteiger partial charge in [0.1, 0.15) is 5.75 Å². The lowest BCUT2D eigenvalue weighted by Crippen LogP contribution is -2.36. The molecule has 0 heterocycles. The van der Waals surface area contributed by atoms with E-state index < -0.39 is 0 Å². The Kier molecular flexibility index (Phi) is 3.46. The van der Waals surface area contributed by atoms with E-state index in [0.717, 1.165) is 5.75 Å². The third-order valence-corrected chi connectivity index (χ3v) is 3.58. The van der Waals surface area contributed by atoms with Gasteiger partial charge < -0.3 is 4.74 Å². The van der Waals surface area contributed by atoms with Gasteiger partial charge in [0.05, 0.1) is 7.11 Å². The first kappa shape index (κ1) is 11.4. The molecule has 1 atom stereocenters. The van der Waals surface area contributed by atoms with Crippen molar-refractivity contribution in [3.05, 3.63) is 29.3 Å². The van der Waals surface area contributed by atoms with Crippen LogP contribution in [-0.4, -0.2) is 7.11 Å². The summed E-state index contributed by atoms with van der Waals surface area (Å²) >= 11 is 0. The van der Waals surface area contributed by atoms with Crippen LogP contribution in [0.2, 0.25) is 0 Å². The quantitative estimate of drug-likeness (QED) is 0.604. The second-order valence-corrected chi connectivity index (χ2v) is 4.56. The van der Waals surface area contributed by atoms with E-state index in [2.05, 4.69) is 24.5 Å². The second kappa shape index (κ2) is 4.85. The SMILES string of the molecule is COc1ccc(C(NN)C2CCC2)cc1C. The highest BCUT2D eigenvalue weighted by Gasteiger charge is 2.27. The van der Waals surface area contributed by atoms with Gasteiger partial charge >= 0.3 is 0 Å². The summed E-state index contributed by atoms with van der Waals surface area (Å²) in [7, 11) is 1.70. The Balaban J connectivity index is 2.21. The Morgan fingerprint density at radius 3 is 2.62 bits per heavy atom. The smallest absolute Gasteiger partial charge is 0.121 e. The molecule has 1 aromatic carbocycles. The fourth-order valence-corrected chi connectivity index (χ4v) is 2.37. The fraction of sp³-hybridized carbons (Fsp3) is 0.538. The maximum Gasteiger partial charge on any atom is 0.121 e. The Hall–Kier alpha value is -1.06. The molecule has 1 aliphatic carbocycles. The lowest BCUT2D eigenvalue weighted by Gasteiger charge is -2.33. The van der Waals surface area contributed by atoms with Crippen molar-refractivity contribution in [2.45, 2.75) is 32.2 Å². The minimum atomic E-state index is 0.290. The van der Waals surface area contributed by atoms with Crippen LogP contribution < -0.4 is 16.0 Å². The Labute approximate surface area is 97.0 Å². The molecule has 2 rings (SSSR count). The number of nitrogens with two attached hydrogens (primary N) is 1. The number of hydrogen-bond donors (Lipinski definition) is 2. The van der Waals surface area contributed by atoms with Crippen LogP contribution >= 0.6 is 0 Å². The van der Waals surface area contributed by atoms with Gasteiger partial charge in [-0.05, 0) is 42.9 Å². The van der Waals surface area contributed by atoms with Gasteiger partial charge in [0, 0.05) is 6.04 Å². The van der Waals surface area contributed by atoms with E-state index in [1.807, 2.05) is 6.07 Å². The van der Waals surface area contributed by atoms with Crippen molar-refractivity contribution in [2.75, 3.05) is 7.11 Å². The van der Waals surface area contributed by atoms with E-state index in [4.69, 9.17) is 10.6 Å². The van der Waals surface area contributed by atoms with Gasteiger partial charge in [-0.3, -0.25) is 11.3 Å². The first-order valence-electron chi connectivity index (χ1n) is 5.87. The third-order valence-electron chi connectivity index (χ3n) is 3.58. The van der Waals surface area contributed by atoms with Crippen molar-refractivity contribution in [1.82, 2.24) is 5.43 Å². The zero-order valence-electron chi connectivity index (χ0n) is 9.99. The molecule has 0 saturated heterocycles. The number of hydrogen-bond acceptors (Lipinski definition) is 3. The highest BCUT2D eigenvalue weighted by Crippen LogP contribution is 2.38. The van der Waals surface area contributed by atoms with E-state index in [1.165, 1.54) is 30.4 Å². The molecule has 0 aliphatic heterocycles. The van der Waals surface area contributed by atoms with E-state index in [0.29, 0.717) is 12.0 Å². The van der Waals surface area contributed by atoms with Gasteiger partial charge in [-0.15, -0.1) is 0 Å². The Morgan fingerprint density at radius 1 is 1.44 bits per heavy atom. The van der Waals surface area contributed by atoms with Crippen LogP contribution in [0.5, 0.6) is 5.75 Å².